The fourth-order valence-corrected chi connectivity index (χ4v) is 1.39. The minimum absolute atomic E-state index is 0. The number of phenolic OH excluding ortho intramolecular Hbond substituents is 1. The van der Waals surface area contributed by atoms with Gasteiger partial charge in [0, 0.05) is 17.7 Å². The van der Waals surface area contributed by atoms with Gasteiger partial charge in [0.15, 0.2) is 17.5 Å². The number of hydrogen-bond donors (Lipinski definition) is 2. The van der Waals surface area contributed by atoms with Crippen LogP contribution >= 0.6 is 12.4 Å². The maximum atomic E-state index is 13.3. The van der Waals surface area contributed by atoms with Crippen LogP contribution in [-0.4, -0.2) is 5.11 Å². The Kier molecular flexibility index (Phi) is 6.05. The van der Waals surface area contributed by atoms with E-state index in [1.807, 2.05) is 0 Å². The number of nitrogens with two attached hydrogens (primary N) is 1. The summed E-state index contributed by atoms with van der Waals surface area (Å²) in [6.07, 6.45) is 2.34. The molecular weight excluding hydrogens is 255 g/mol. The zero-order valence-electron chi connectivity index (χ0n) is 8.92. The molecule has 0 saturated carbocycles. The number of halogens is 4. The third-order valence-electron chi connectivity index (χ3n) is 2.23. The molecule has 0 spiro atoms. The summed E-state index contributed by atoms with van der Waals surface area (Å²) >= 11 is 0. The van der Waals surface area contributed by atoms with E-state index >= 15 is 0 Å². The summed E-state index contributed by atoms with van der Waals surface area (Å²) in [6, 6.07) is -0.380. The molecule has 1 aromatic rings. The second-order valence-electron chi connectivity index (χ2n) is 3.39. The van der Waals surface area contributed by atoms with Gasteiger partial charge in [-0.15, -0.1) is 19.0 Å². The van der Waals surface area contributed by atoms with Gasteiger partial charge in [0.25, 0.3) is 0 Å². The predicted molar refractivity (Wildman–Crippen MR) is 61.6 cm³/mol. The van der Waals surface area contributed by atoms with Crippen molar-refractivity contribution >= 4 is 12.4 Å². The van der Waals surface area contributed by atoms with Crippen LogP contribution in [0.1, 0.15) is 24.4 Å². The average Bonchev–Trinajstić information content (AvgIpc) is 2.23. The van der Waals surface area contributed by atoms with E-state index < -0.39 is 34.8 Å². The van der Waals surface area contributed by atoms with Crippen molar-refractivity contribution in [1.29, 1.82) is 0 Å². The predicted octanol–water partition coefficient (Wildman–Crippen LogP) is 3.20. The van der Waals surface area contributed by atoms with Gasteiger partial charge in [-0.3, -0.25) is 0 Å². The molecule has 0 heterocycles. The SMILES string of the molecule is C=CCC[C@@H](N)c1c(O)cc(F)c(F)c1F.Cl. The normalized spacial score (nSPS) is 11.8. The fraction of sp³-hybridized carbons (Fsp3) is 0.273. The highest BCUT2D eigenvalue weighted by atomic mass is 35.5. The van der Waals surface area contributed by atoms with Crippen LogP contribution in [0, 0.1) is 17.5 Å². The Hall–Kier alpha value is -1.20. The molecule has 0 aliphatic carbocycles. The quantitative estimate of drug-likeness (QED) is 0.650. The molecule has 0 aromatic heterocycles. The second-order valence-corrected chi connectivity index (χ2v) is 3.39. The number of phenols is 1. The largest absolute Gasteiger partial charge is 0.507 e. The van der Waals surface area contributed by atoms with Gasteiger partial charge >= 0.3 is 0 Å². The maximum Gasteiger partial charge on any atom is 0.195 e. The number of benzene rings is 1. The smallest absolute Gasteiger partial charge is 0.195 e. The van der Waals surface area contributed by atoms with E-state index in [-0.39, 0.29) is 12.4 Å². The van der Waals surface area contributed by atoms with Crippen LogP contribution in [0.15, 0.2) is 18.7 Å². The summed E-state index contributed by atoms with van der Waals surface area (Å²) in [4.78, 5) is 0. The second kappa shape index (κ2) is 6.51. The van der Waals surface area contributed by atoms with Crippen LogP contribution in [0.2, 0.25) is 0 Å². The number of rotatable bonds is 4. The van der Waals surface area contributed by atoms with Crippen LogP contribution in [-0.2, 0) is 0 Å². The first-order chi connectivity index (χ1) is 7.49. The van der Waals surface area contributed by atoms with E-state index in [0.717, 1.165) is 0 Å². The van der Waals surface area contributed by atoms with E-state index in [2.05, 4.69) is 6.58 Å². The standard InChI is InChI=1S/C11H12F3NO.ClH/c1-2-3-4-7(15)9-8(16)5-6(12)10(13)11(9)14;/h2,5,7,16H,1,3-4,15H2;1H/t7-;/m1./s1. The minimum Gasteiger partial charge on any atom is -0.507 e. The van der Waals surface area contributed by atoms with Crippen LogP contribution in [0.4, 0.5) is 13.2 Å². The molecule has 96 valence electrons. The van der Waals surface area contributed by atoms with Crippen molar-refractivity contribution in [2.75, 3.05) is 0 Å². The summed E-state index contributed by atoms with van der Waals surface area (Å²) in [7, 11) is 0. The molecule has 0 unspecified atom stereocenters. The molecule has 0 radical (unpaired) electrons. The lowest BCUT2D eigenvalue weighted by atomic mass is 10.0. The van der Waals surface area contributed by atoms with E-state index in [0.29, 0.717) is 18.9 Å². The molecule has 1 rings (SSSR count). The topological polar surface area (TPSA) is 46.2 Å². The van der Waals surface area contributed by atoms with E-state index in [1.54, 1.807) is 6.08 Å². The molecule has 2 nitrogen and oxygen atoms in total. The molecule has 0 saturated heterocycles. The van der Waals surface area contributed by atoms with Crippen molar-refractivity contribution in [1.82, 2.24) is 0 Å². The zero-order chi connectivity index (χ0) is 12.3. The van der Waals surface area contributed by atoms with Crippen LogP contribution < -0.4 is 5.73 Å². The van der Waals surface area contributed by atoms with Gasteiger partial charge in [0.1, 0.15) is 5.75 Å². The molecule has 0 bridgehead atoms. The first-order valence-corrected chi connectivity index (χ1v) is 4.71. The summed E-state index contributed by atoms with van der Waals surface area (Å²) in [5.74, 6) is -5.17. The molecule has 0 aliphatic heterocycles. The Morgan fingerprint density at radius 2 is 1.94 bits per heavy atom. The van der Waals surface area contributed by atoms with Crippen LogP contribution in [0.3, 0.4) is 0 Å². The first kappa shape index (κ1) is 15.8. The number of hydrogen-bond acceptors (Lipinski definition) is 2. The fourth-order valence-electron chi connectivity index (χ4n) is 1.39. The van der Waals surface area contributed by atoms with Crippen molar-refractivity contribution in [3.05, 3.63) is 41.7 Å². The van der Waals surface area contributed by atoms with Crippen molar-refractivity contribution < 1.29 is 18.3 Å². The lowest BCUT2D eigenvalue weighted by Gasteiger charge is -2.14. The summed E-state index contributed by atoms with van der Waals surface area (Å²) in [6.45, 7) is 3.46. The number of allylic oxidation sites excluding steroid dienone is 1. The Bertz CT molecular complexity index is 412. The molecule has 0 amide bonds. The molecule has 0 fully saturated rings. The monoisotopic (exact) mass is 267 g/mol. The molecule has 0 aliphatic rings. The Morgan fingerprint density at radius 1 is 1.35 bits per heavy atom. The average molecular weight is 268 g/mol. The zero-order valence-corrected chi connectivity index (χ0v) is 9.74. The molecule has 6 heteroatoms. The first-order valence-electron chi connectivity index (χ1n) is 4.71. The van der Waals surface area contributed by atoms with Gasteiger partial charge in [-0.2, -0.15) is 0 Å². The molecule has 1 aromatic carbocycles. The highest BCUT2D eigenvalue weighted by Crippen LogP contribution is 2.31. The van der Waals surface area contributed by atoms with Crippen LogP contribution in [0.25, 0.3) is 0 Å². The van der Waals surface area contributed by atoms with Gasteiger partial charge in [0.05, 0.1) is 0 Å². The van der Waals surface area contributed by atoms with E-state index in [4.69, 9.17) is 5.73 Å². The Balaban J connectivity index is 0.00000256. The highest BCUT2D eigenvalue weighted by Gasteiger charge is 2.22. The van der Waals surface area contributed by atoms with Gasteiger partial charge in [-0.1, -0.05) is 6.08 Å². The minimum atomic E-state index is -1.62. The number of aromatic hydroxyl groups is 1. The summed E-state index contributed by atoms with van der Waals surface area (Å²) in [5, 5.41) is 9.31. The Morgan fingerprint density at radius 3 is 2.47 bits per heavy atom. The lowest BCUT2D eigenvalue weighted by molar-refractivity contribution is 0.398. The molecule has 3 N–H and O–H groups in total. The lowest BCUT2D eigenvalue weighted by Crippen LogP contribution is -2.13. The Labute approximate surface area is 103 Å². The maximum absolute atomic E-state index is 13.3. The van der Waals surface area contributed by atoms with E-state index in [1.165, 1.54) is 0 Å². The highest BCUT2D eigenvalue weighted by molar-refractivity contribution is 5.85. The van der Waals surface area contributed by atoms with Gasteiger partial charge in [0.2, 0.25) is 0 Å². The van der Waals surface area contributed by atoms with Gasteiger partial charge in [-0.05, 0) is 12.8 Å². The summed E-state index contributed by atoms with van der Waals surface area (Å²) in [5.41, 5.74) is 5.16. The molecular formula is C11H13ClF3NO. The third-order valence-corrected chi connectivity index (χ3v) is 2.23. The third kappa shape index (κ3) is 3.38. The van der Waals surface area contributed by atoms with Crippen molar-refractivity contribution in [2.24, 2.45) is 5.73 Å². The van der Waals surface area contributed by atoms with Gasteiger partial charge in [-0.25, -0.2) is 13.2 Å². The van der Waals surface area contributed by atoms with Crippen molar-refractivity contribution in [3.8, 4) is 5.75 Å². The van der Waals surface area contributed by atoms with Crippen LogP contribution in [0.5, 0.6) is 5.75 Å². The summed E-state index contributed by atoms with van der Waals surface area (Å²) < 4.78 is 38.9. The van der Waals surface area contributed by atoms with E-state index in [9.17, 15) is 18.3 Å². The molecule has 1 atom stereocenters. The van der Waals surface area contributed by atoms with Gasteiger partial charge < -0.3 is 10.8 Å². The van der Waals surface area contributed by atoms with Crippen molar-refractivity contribution in [2.45, 2.75) is 18.9 Å². The molecule has 17 heavy (non-hydrogen) atoms. The van der Waals surface area contributed by atoms with Crippen molar-refractivity contribution in [3.63, 3.8) is 0 Å².